The minimum Gasteiger partial charge on any atom is -0.495 e. The highest BCUT2D eigenvalue weighted by atomic mass is 79.9. The molecule has 3 nitrogen and oxygen atoms in total. The van der Waals surface area contributed by atoms with Gasteiger partial charge in [0.05, 0.1) is 24.2 Å². The Balaban J connectivity index is 3.36. The summed E-state index contributed by atoms with van der Waals surface area (Å²) < 4.78 is 6.25. The number of methoxy groups -OCH3 is 1. The molecule has 0 aliphatic rings. The van der Waals surface area contributed by atoms with Gasteiger partial charge >= 0.3 is 0 Å². The second-order valence-electron chi connectivity index (χ2n) is 3.54. The lowest BCUT2D eigenvalue weighted by molar-refractivity contribution is 0.267. The second-order valence-corrected chi connectivity index (χ2v) is 4.34. The van der Waals surface area contributed by atoms with Crippen molar-refractivity contribution in [1.29, 1.82) is 0 Å². The minimum absolute atomic E-state index is 0.0644. The molecule has 0 aliphatic heterocycles. The summed E-state index contributed by atoms with van der Waals surface area (Å²) in [6, 6.07) is 1.62. The van der Waals surface area contributed by atoms with Crippen LogP contribution in [-0.2, 0) is 0 Å². The Kier molecular flexibility index (Phi) is 4.13. The molecule has 1 rings (SSSR count). The lowest BCUT2D eigenvalue weighted by atomic mass is 9.99. The van der Waals surface area contributed by atoms with Crippen molar-refractivity contribution in [3.8, 4) is 5.75 Å². The van der Waals surface area contributed by atoms with Crippen molar-refractivity contribution in [3.63, 3.8) is 0 Å². The van der Waals surface area contributed by atoms with Gasteiger partial charge in [-0.15, -0.1) is 0 Å². The van der Waals surface area contributed by atoms with E-state index in [1.807, 2.05) is 19.9 Å². The lowest BCUT2D eigenvalue weighted by Crippen LogP contribution is -2.16. The van der Waals surface area contributed by atoms with Gasteiger partial charge in [0.15, 0.2) is 0 Å². The van der Waals surface area contributed by atoms with Gasteiger partial charge in [-0.2, -0.15) is 0 Å². The molecule has 1 aromatic carbocycles. The predicted molar refractivity (Wildman–Crippen MR) is 64.2 cm³/mol. The predicted octanol–water partition coefficient (Wildman–Crippen LogP) is 2.07. The molecular formula is C11H16BrNO2. The molecule has 84 valence electrons. The van der Waals surface area contributed by atoms with E-state index < -0.39 is 0 Å². The first-order valence-electron chi connectivity index (χ1n) is 4.73. The lowest BCUT2D eigenvalue weighted by Gasteiger charge is -2.18. The molecule has 0 saturated carbocycles. The van der Waals surface area contributed by atoms with Gasteiger partial charge in [0.1, 0.15) is 5.75 Å². The van der Waals surface area contributed by atoms with E-state index in [2.05, 4.69) is 15.9 Å². The maximum Gasteiger partial charge on any atom is 0.136 e. The molecule has 0 spiro atoms. The van der Waals surface area contributed by atoms with Crippen molar-refractivity contribution >= 4 is 15.9 Å². The number of benzene rings is 1. The third-order valence-corrected chi connectivity index (χ3v) is 3.48. The Morgan fingerprint density at radius 3 is 2.60 bits per heavy atom. The summed E-state index contributed by atoms with van der Waals surface area (Å²) in [6.07, 6.45) is 0. The fourth-order valence-corrected chi connectivity index (χ4v) is 2.18. The molecule has 0 amide bonds. The number of hydrogen-bond acceptors (Lipinski definition) is 3. The number of rotatable bonds is 3. The first-order valence-corrected chi connectivity index (χ1v) is 5.52. The van der Waals surface area contributed by atoms with E-state index in [1.165, 1.54) is 0 Å². The molecule has 0 radical (unpaired) electrons. The van der Waals surface area contributed by atoms with E-state index >= 15 is 0 Å². The Morgan fingerprint density at radius 1 is 1.53 bits per heavy atom. The Hall–Kier alpha value is -0.580. The maximum absolute atomic E-state index is 9.06. The number of nitrogens with two attached hydrogens (primary N) is 1. The van der Waals surface area contributed by atoms with Crippen molar-refractivity contribution in [2.45, 2.75) is 19.9 Å². The van der Waals surface area contributed by atoms with E-state index in [0.717, 1.165) is 26.9 Å². The molecule has 0 aromatic heterocycles. The van der Waals surface area contributed by atoms with Crippen LogP contribution in [0.3, 0.4) is 0 Å². The fraction of sp³-hybridized carbons (Fsp3) is 0.455. The number of hydrogen-bond donors (Lipinski definition) is 2. The highest BCUT2D eigenvalue weighted by Gasteiger charge is 2.15. The van der Waals surface area contributed by atoms with Gasteiger partial charge in [-0.3, -0.25) is 0 Å². The number of halogens is 1. The van der Waals surface area contributed by atoms with Crippen LogP contribution in [-0.4, -0.2) is 18.8 Å². The van der Waals surface area contributed by atoms with E-state index in [0.29, 0.717) is 0 Å². The van der Waals surface area contributed by atoms with Crippen LogP contribution in [0, 0.1) is 13.8 Å². The maximum atomic E-state index is 9.06. The molecule has 1 atom stereocenters. The van der Waals surface area contributed by atoms with Crippen LogP contribution in [0.5, 0.6) is 5.75 Å². The van der Waals surface area contributed by atoms with Gasteiger partial charge in [0.25, 0.3) is 0 Å². The van der Waals surface area contributed by atoms with Gasteiger partial charge in [-0.1, -0.05) is 6.07 Å². The Morgan fingerprint density at radius 2 is 2.13 bits per heavy atom. The Bertz CT molecular complexity index is 366. The molecule has 0 fully saturated rings. The monoisotopic (exact) mass is 273 g/mol. The Labute approximate surface area is 98.4 Å². The molecule has 0 saturated heterocycles. The molecule has 1 aromatic rings. The summed E-state index contributed by atoms with van der Waals surface area (Å²) in [5.74, 6) is 0.786. The standard InChI is InChI=1S/C11H16BrNO2/c1-6-4-8(9(13)5-14)7(2)11(15-3)10(6)12/h4,9,14H,5,13H2,1-3H3. The van der Waals surface area contributed by atoms with E-state index in [-0.39, 0.29) is 12.6 Å². The second kappa shape index (κ2) is 4.96. The van der Waals surface area contributed by atoms with Crippen molar-refractivity contribution in [2.75, 3.05) is 13.7 Å². The number of aliphatic hydroxyl groups excluding tert-OH is 1. The molecular weight excluding hydrogens is 258 g/mol. The van der Waals surface area contributed by atoms with E-state index in [1.54, 1.807) is 7.11 Å². The average molecular weight is 274 g/mol. The van der Waals surface area contributed by atoms with Gasteiger partial charge < -0.3 is 15.6 Å². The largest absolute Gasteiger partial charge is 0.495 e. The third-order valence-electron chi connectivity index (χ3n) is 2.49. The molecule has 3 N–H and O–H groups in total. The number of aryl methyl sites for hydroxylation is 1. The van der Waals surface area contributed by atoms with Gasteiger partial charge in [0, 0.05) is 0 Å². The number of aliphatic hydroxyl groups is 1. The first-order chi connectivity index (χ1) is 7.02. The molecule has 15 heavy (non-hydrogen) atoms. The van der Waals surface area contributed by atoms with Crippen LogP contribution in [0.25, 0.3) is 0 Å². The molecule has 0 aliphatic carbocycles. The summed E-state index contributed by atoms with van der Waals surface area (Å²) in [4.78, 5) is 0. The van der Waals surface area contributed by atoms with Crippen LogP contribution < -0.4 is 10.5 Å². The van der Waals surface area contributed by atoms with Gasteiger partial charge in [0.2, 0.25) is 0 Å². The zero-order valence-corrected chi connectivity index (χ0v) is 10.8. The summed E-state index contributed by atoms with van der Waals surface area (Å²) in [6.45, 7) is 3.85. The highest BCUT2D eigenvalue weighted by Crippen LogP contribution is 2.35. The van der Waals surface area contributed by atoms with E-state index in [4.69, 9.17) is 15.6 Å². The summed E-state index contributed by atoms with van der Waals surface area (Å²) in [5, 5.41) is 9.06. The smallest absolute Gasteiger partial charge is 0.136 e. The van der Waals surface area contributed by atoms with Gasteiger partial charge in [-0.25, -0.2) is 0 Å². The fourth-order valence-electron chi connectivity index (χ4n) is 1.61. The third kappa shape index (κ3) is 2.33. The normalized spacial score (nSPS) is 12.7. The minimum atomic E-state index is -0.356. The summed E-state index contributed by atoms with van der Waals surface area (Å²) in [7, 11) is 1.63. The van der Waals surface area contributed by atoms with Crippen molar-refractivity contribution < 1.29 is 9.84 Å². The average Bonchev–Trinajstić information content (AvgIpc) is 2.23. The van der Waals surface area contributed by atoms with Crippen molar-refractivity contribution in [1.82, 2.24) is 0 Å². The summed E-state index contributed by atoms with van der Waals surface area (Å²) >= 11 is 3.47. The zero-order chi connectivity index (χ0) is 11.6. The summed E-state index contributed by atoms with van der Waals surface area (Å²) in [5.41, 5.74) is 8.76. The van der Waals surface area contributed by atoms with Crippen LogP contribution in [0.4, 0.5) is 0 Å². The zero-order valence-electron chi connectivity index (χ0n) is 9.17. The quantitative estimate of drug-likeness (QED) is 0.887. The van der Waals surface area contributed by atoms with Gasteiger partial charge in [-0.05, 0) is 46.5 Å². The molecule has 4 heteroatoms. The topological polar surface area (TPSA) is 55.5 Å². The highest BCUT2D eigenvalue weighted by molar-refractivity contribution is 9.10. The van der Waals surface area contributed by atoms with Crippen molar-refractivity contribution in [2.24, 2.45) is 5.73 Å². The molecule has 1 unspecified atom stereocenters. The van der Waals surface area contributed by atoms with Crippen LogP contribution in [0.1, 0.15) is 22.7 Å². The van der Waals surface area contributed by atoms with E-state index in [9.17, 15) is 0 Å². The molecule has 0 heterocycles. The number of ether oxygens (including phenoxy) is 1. The first kappa shape index (κ1) is 12.5. The van der Waals surface area contributed by atoms with Crippen LogP contribution >= 0.6 is 15.9 Å². The molecule has 0 bridgehead atoms. The van der Waals surface area contributed by atoms with Crippen LogP contribution in [0.15, 0.2) is 10.5 Å². The SMILES string of the molecule is COc1c(C)c(C(N)CO)cc(C)c1Br. The van der Waals surface area contributed by atoms with Crippen molar-refractivity contribution in [3.05, 3.63) is 27.2 Å². The van der Waals surface area contributed by atoms with Crippen LogP contribution in [0.2, 0.25) is 0 Å².